The molecule has 1 atom stereocenters. The Morgan fingerprint density at radius 3 is 2.78 bits per heavy atom. The van der Waals surface area contributed by atoms with Crippen LogP contribution in [0.25, 0.3) is 0 Å². The van der Waals surface area contributed by atoms with Gasteiger partial charge in [-0.1, -0.05) is 6.07 Å². The zero-order valence-corrected chi connectivity index (χ0v) is 10.2. The van der Waals surface area contributed by atoms with Gasteiger partial charge in [0.1, 0.15) is 5.75 Å². The Morgan fingerprint density at radius 2 is 2.17 bits per heavy atom. The monoisotopic (exact) mass is 251 g/mol. The zero-order valence-electron chi connectivity index (χ0n) is 10.2. The van der Waals surface area contributed by atoms with Crippen molar-refractivity contribution in [2.24, 2.45) is 11.5 Å². The average molecular weight is 251 g/mol. The molecule has 1 rings (SSSR count). The molecular weight excluding hydrogens is 234 g/mol. The molecule has 98 valence electrons. The van der Waals surface area contributed by atoms with Crippen LogP contribution in [-0.4, -0.2) is 24.5 Å². The van der Waals surface area contributed by atoms with Crippen molar-refractivity contribution < 1.29 is 14.3 Å². The molecule has 0 aliphatic carbocycles. The van der Waals surface area contributed by atoms with Crippen LogP contribution in [0.5, 0.6) is 5.75 Å². The van der Waals surface area contributed by atoms with Crippen molar-refractivity contribution in [1.29, 1.82) is 0 Å². The van der Waals surface area contributed by atoms with Gasteiger partial charge in [-0.05, 0) is 19.1 Å². The molecule has 0 fully saturated rings. The molecular formula is C12H17N3O3. The van der Waals surface area contributed by atoms with E-state index < -0.39 is 5.91 Å². The van der Waals surface area contributed by atoms with Crippen LogP contribution in [0.4, 0.5) is 5.69 Å². The van der Waals surface area contributed by atoms with Crippen LogP contribution in [-0.2, 0) is 9.59 Å². The Morgan fingerprint density at radius 1 is 1.44 bits per heavy atom. The summed E-state index contributed by atoms with van der Waals surface area (Å²) in [5.41, 5.74) is 11.1. The second-order valence-corrected chi connectivity index (χ2v) is 4.01. The standard InChI is InChI=1S/C12H17N3O3/c1-8(13)5-12(17)15-9-3-2-4-10(6-9)18-7-11(14)16/h2-4,6,8H,5,7,13H2,1H3,(H2,14,16)(H,15,17). The second kappa shape index (κ2) is 6.61. The molecule has 5 N–H and O–H groups in total. The van der Waals surface area contributed by atoms with Gasteiger partial charge in [-0.3, -0.25) is 9.59 Å². The van der Waals surface area contributed by atoms with E-state index in [0.717, 1.165) is 0 Å². The highest BCUT2D eigenvalue weighted by atomic mass is 16.5. The Hall–Kier alpha value is -2.08. The SMILES string of the molecule is CC(N)CC(=O)Nc1cccc(OCC(N)=O)c1. The number of carbonyl (C=O) groups excluding carboxylic acids is 2. The van der Waals surface area contributed by atoms with Crippen LogP contribution in [0.3, 0.4) is 0 Å². The number of rotatable bonds is 6. The van der Waals surface area contributed by atoms with Gasteiger partial charge in [-0.2, -0.15) is 0 Å². The lowest BCUT2D eigenvalue weighted by atomic mass is 10.2. The first-order chi connectivity index (χ1) is 8.47. The van der Waals surface area contributed by atoms with Gasteiger partial charge in [0.15, 0.2) is 6.61 Å². The van der Waals surface area contributed by atoms with Crippen molar-refractivity contribution in [1.82, 2.24) is 0 Å². The van der Waals surface area contributed by atoms with E-state index in [1.807, 2.05) is 0 Å². The number of nitrogens with two attached hydrogens (primary N) is 2. The summed E-state index contributed by atoms with van der Waals surface area (Å²) < 4.78 is 5.12. The highest BCUT2D eigenvalue weighted by Gasteiger charge is 2.06. The molecule has 6 heteroatoms. The molecule has 0 bridgehead atoms. The first kappa shape index (κ1) is 14.0. The lowest BCUT2D eigenvalue weighted by Gasteiger charge is -2.09. The summed E-state index contributed by atoms with van der Waals surface area (Å²) in [6.45, 7) is 1.56. The number of amides is 2. The Balaban J connectivity index is 2.59. The van der Waals surface area contributed by atoms with Crippen LogP contribution in [0.15, 0.2) is 24.3 Å². The molecule has 18 heavy (non-hydrogen) atoms. The van der Waals surface area contributed by atoms with E-state index in [1.165, 1.54) is 0 Å². The molecule has 0 spiro atoms. The summed E-state index contributed by atoms with van der Waals surface area (Å²) in [5, 5.41) is 2.69. The van der Waals surface area contributed by atoms with E-state index in [4.69, 9.17) is 16.2 Å². The molecule has 0 aliphatic rings. The molecule has 6 nitrogen and oxygen atoms in total. The predicted molar refractivity (Wildman–Crippen MR) is 68.0 cm³/mol. The molecule has 0 saturated carbocycles. The van der Waals surface area contributed by atoms with Crippen LogP contribution in [0.2, 0.25) is 0 Å². The molecule has 1 aromatic rings. The largest absolute Gasteiger partial charge is 0.484 e. The van der Waals surface area contributed by atoms with Crippen molar-refractivity contribution in [3.63, 3.8) is 0 Å². The lowest BCUT2D eigenvalue weighted by Crippen LogP contribution is -2.24. The summed E-state index contributed by atoms with van der Waals surface area (Å²) in [5.74, 6) is -0.258. The van der Waals surface area contributed by atoms with Gasteiger partial charge in [0.05, 0.1) is 0 Å². The number of benzene rings is 1. The quantitative estimate of drug-likeness (QED) is 0.672. The summed E-state index contributed by atoms with van der Waals surface area (Å²) in [6.07, 6.45) is 0.242. The molecule has 0 heterocycles. The van der Waals surface area contributed by atoms with E-state index in [1.54, 1.807) is 31.2 Å². The fraction of sp³-hybridized carbons (Fsp3) is 0.333. The van der Waals surface area contributed by atoms with Gasteiger partial charge < -0.3 is 21.5 Å². The van der Waals surface area contributed by atoms with E-state index in [0.29, 0.717) is 11.4 Å². The minimum absolute atomic E-state index is 0.169. The van der Waals surface area contributed by atoms with Gasteiger partial charge in [0, 0.05) is 24.2 Å². The van der Waals surface area contributed by atoms with E-state index in [-0.39, 0.29) is 25.0 Å². The van der Waals surface area contributed by atoms with Crippen molar-refractivity contribution in [2.45, 2.75) is 19.4 Å². The molecule has 1 unspecified atom stereocenters. The van der Waals surface area contributed by atoms with Crippen LogP contribution >= 0.6 is 0 Å². The van der Waals surface area contributed by atoms with E-state index >= 15 is 0 Å². The fourth-order valence-electron chi connectivity index (χ4n) is 1.32. The molecule has 0 aliphatic heterocycles. The zero-order chi connectivity index (χ0) is 13.5. The molecule has 1 aromatic carbocycles. The summed E-state index contributed by atoms with van der Waals surface area (Å²) in [6, 6.07) is 6.51. The molecule has 2 amide bonds. The van der Waals surface area contributed by atoms with Gasteiger partial charge >= 0.3 is 0 Å². The molecule has 0 aromatic heterocycles. The maximum atomic E-state index is 11.5. The van der Waals surface area contributed by atoms with Crippen LogP contribution in [0, 0.1) is 0 Å². The lowest BCUT2D eigenvalue weighted by molar-refractivity contribution is -0.120. The number of carbonyl (C=O) groups is 2. The summed E-state index contributed by atoms with van der Waals surface area (Å²) in [4.78, 5) is 22.1. The van der Waals surface area contributed by atoms with Crippen molar-refractivity contribution >= 4 is 17.5 Å². The average Bonchev–Trinajstić information content (AvgIpc) is 2.25. The van der Waals surface area contributed by atoms with E-state index in [9.17, 15) is 9.59 Å². The third kappa shape index (κ3) is 5.31. The number of nitrogens with one attached hydrogen (secondary N) is 1. The van der Waals surface area contributed by atoms with Crippen LogP contribution < -0.4 is 21.5 Å². The van der Waals surface area contributed by atoms with Crippen molar-refractivity contribution in [2.75, 3.05) is 11.9 Å². The fourth-order valence-corrected chi connectivity index (χ4v) is 1.32. The maximum Gasteiger partial charge on any atom is 0.255 e. The summed E-state index contributed by atoms with van der Waals surface area (Å²) >= 11 is 0. The van der Waals surface area contributed by atoms with E-state index in [2.05, 4.69) is 5.32 Å². The number of hydrogen-bond acceptors (Lipinski definition) is 4. The smallest absolute Gasteiger partial charge is 0.255 e. The number of hydrogen-bond donors (Lipinski definition) is 3. The Bertz CT molecular complexity index is 432. The third-order valence-electron chi connectivity index (χ3n) is 2.01. The number of primary amides is 1. The Labute approximate surface area is 105 Å². The third-order valence-corrected chi connectivity index (χ3v) is 2.01. The first-order valence-electron chi connectivity index (χ1n) is 5.54. The van der Waals surface area contributed by atoms with Gasteiger partial charge in [-0.25, -0.2) is 0 Å². The maximum absolute atomic E-state index is 11.5. The highest BCUT2D eigenvalue weighted by Crippen LogP contribution is 2.17. The minimum atomic E-state index is -0.554. The van der Waals surface area contributed by atoms with Gasteiger partial charge in [-0.15, -0.1) is 0 Å². The predicted octanol–water partition coefficient (Wildman–Crippen LogP) is 0.226. The normalized spacial score (nSPS) is 11.7. The minimum Gasteiger partial charge on any atom is -0.484 e. The highest BCUT2D eigenvalue weighted by molar-refractivity contribution is 5.91. The van der Waals surface area contributed by atoms with Crippen molar-refractivity contribution in [3.8, 4) is 5.75 Å². The van der Waals surface area contributed by atoms with Gasteiger partial charge in [0.2, 0.25) is 5.91 Å². The topological polar surface area (TPSA) is 107 Å². The summed E-state index contributed by atoms with van der Waals surface area (Å²) in [7, 11) is 0. The second-order valence-electron chi connectivity index (χ2n) is 4.01. The molecule has 0 saturated heterocycles. The first-order valence-corrected chi connectivity index (χ1v) is 5.54. The Kier molecular flexibility index (Phi) is 5.13. The van der Waals surface area contributed by atoms with Crippen LogP contribution in [0.1, 0.15) is 13.3 Å². The van der Waals surface area contributed by atoms with Gasteiger partial charge in [0.25, 0.3) is 5.91 Å². The molecule has 0 radical (unpaired) electrons. The van der Waals surface area contributed by atoms with Crippen molar-refractivity contribution in [3.05, 3.63) is 24.3 Å². The number of ether oxygens (including phenoxy) is 1. The number of anilines is 1.